The first-order valence-corrected chi connectivity index (χ1v) is 14.1. The molecule has 3 aliphatic rings. The van der Waals surface area contributed by atoms with Gasteiger partial charge in [-0.1, -0.05) is 18.6 Å². The van der Waals surface area contributed by atoms with Gasteiger partial charge in [-0.05, 0) is 88.2 Å². The monoisotopic (exact) mass is 558 g/mol. The Morgan fingerprint density at radius 1 is 1.00 bits per heavy atom. The van der Waals surface area contributed by atoms with E-state index in [1.807, 2.05) is 23.1 Å². The smallest absolute Gasteiger partial charge is 0.395 e. The maximum absolute atomic E-state index is 13.5. The molecule has 1 saturated carbocycles. The minimum atomic E-state index is -4.12. The summed E-state index contributed by atoms with van der Waals surface area (Å²) in [6.07, 6.45) is 1.69. The lowest BCUT2D eigenvalue weighted by Crippen LogP contribution is -2.53. The molecule has 5 rings (SSSR count). The van der Waals surface area contributed by atoms with Crippen LogP contribution in [0.1, 0.15) is 62.2 Å². The second kappa shape index (κ2) is 11.0. The molecule has 2 N–H and O–H groups in total. The molecule has 216 valence electrons. The van der Waals surface area contributed by atoms with Crippen LogP contribution in [0.2, 0.25) is 0 Å². The normalized spacial score (nSPS) is 23.6. The number of aromatic nitrogens is 1. The van der Waals surface area contributed by atoms with Gasteiger partial charge in [0.1, 0.15) is 5.54 Å². The van der Waals surface area contributed by atoms with E-state index in [4.69, 9.17) is 10.5 Å². The van der Waals surface area contributed by atoms with Gasteiger partial charge in [-0.3, -0.25) is 9.59 Å². The van der Waals surface area contributed by atoms with Gasteiger partial charge in [-0.2, -0.15) is 13.2 Å². The van der Waals surface area contributed by atoms with Gasteiger partial charge in [0.25, 0.3) is 5.91 Å². The Hall–Kier alpha value is -3.14. The molecular weight excluding hydrogens is 521 g/mol. The fraction of sp³-hybridized carbons (Fsp3) is 0.567. The number of benzene rings is 1. The lowest BCUT2D eigenvalue weighted by Gasteiger charge is -2.47. The maximum atomic E-state index is 13.5. The standard InChI is InChI=1S/C30H37F3N4O3/c1-28(27(34)39)12-3-15-37(28)26(38)23-6-4-22(5-7-23)24-8-9-25(35-18-24)40-19-21-10-16-36(17-11-21)20-29(13-2-14-29)30(31,32)33/h4-9,18,21H,2-3,10-17,19-20H2,1H3,(H2,34,39)/t28-/m0/s1. The molecule has 0 spiro atoms. The molecule has 10 heteroatoms. The Balaban J connectivity index is 1.10. The van der Waals surface area contributed by atoms with E-state index in [2.05, 4.69) is 4.98 Å². The highest BCUT2D eigenvalue weighted by molar-refractivity contribution is 5.99. The second-order valence-electron chi connectivity index (χ2n) is 11.8. The number of pyridine rings is 1. The van der Waals surface area contributed by atoms with Gasteiger partial charge in [0.05, 0.1) is 12.0 Å². The third kappa shape index (κ3) is 5.55. The number of carbonyl (C=O) groups is 2. The van der Waals surface area contributed by atoms with E-state index in [-0.39, 0.29) is 31.2 Å². The SMILES string of the molecule is C[C@@]1(C(N)=O)CCCN1C(=O)c1ccc(-c2ccc(OCC3CCN(CC4(C(F)(F)F)CCC4)CC3)nc2)cc1. The molecule has 40 heavy (non-hydrogen) atoms. The molecule has 3 fully saturated rings. The number of piperidine rings is 1. The van der Waals surface area contributed by atoms with E-state index < -0.39 is 23.0 Å². The zero-order valence-electron chi connectivity index (χ0n) is 22.9. The van der Waals surface area contributed by atoms with E-state index in [0.717, 1.165) is 30.4 Å². The van der Waals surface area contributed by atoms with Gasteiger partial charge in [-0.25, -0.2) is 4.98 Å². The number of alkyl halides is 3. The average Bonchev–Trinajstić information content (AvgIpc) is 3.32. The van der Waals surface area contributed by atoms with Crippen molar-refractivity contribution < 1.29 is 27.5 Å². The van der Waals surface area contributed by atoms with Crippen molar-refractivity contribution in [2.24, 2.45) is 17.1 Å². The summed E-state index contributed by atoms with van der Waals surface area (Å²) in [4.78, 5) is 32.9. The van der Waals surface area contributed by atoms with E-state index in [1.54, 1.807) is 36.2 Å². The third-order valence-corrected chi connectivity index (χ3v) is 9.23. The number of amides is 2. The van der Waals surface area contributed by atoms with Gasteiger partial charge in [-0.15, -0.1) is 0 Å². The van der Waals surface area contributed by atoms with Crippen LogP contribution < -0.4 is 10.5 Å². The number of carbonyl (C=O) groups excluding carboxylic acids is 2. The predicted molar refractivity (Wildman–Crippen MR) is 145 cm³/mol. The van der Waals surface area contributed by atoms with Crippen LogP contribution in [0.15, 0.2) is 42.6 Å². The van der Waals surface area contributed by atoms with E-state index in [0.29, 0.717) is 50.5 Å². The summed E-state index contributed by atoms with van der Waals surface area (Å²) in [6.45, 7) is 4.15. The van der Waals surface area contributed by atoms with Crippen molar-refractivity contribution in [3.63, 3.8) is 0 Å². The lowest BCUT2D eigenvalue weighted by atomic mass is 9.67. The summed E-state index contributed by atoms with van der Waals surface area (Å²) in [6, 6.07) is 10.9. The number of ether oxygens (including phenoxy) is 1. The van der Waals surface area contributed by atoms with Gasteiger partial charge in [0, 0.05) is 36.5 Å². The summed E-state index contributed by atoms with van der Waals surface area (Å²) >= 11 is 0. The van der Waals surface area contributed by atoms with Gasteiger partial charge < -0.3 is 20.3 Å². The first-order valence-electron chi connectivity index (χ1n) is 14.1. The fourth-order valence-corrected chi connectivity index (χ4v) is 6.22. The highest BCUT2D eigenvalue weighted by Gasteiger charge is 2.58. The molecule has 0 unspecified atom stereocenters. The van der Waals surface area contributed by atoms with Crippen molar-refractivity contribution >= 4 is 11.8 Å². The Labute approximate surface area is 232 Å². The summed E-state index contributed by atoms with van der Waals surface area (Å²) in [5.74, 6) is 0.0962. The van der Waals surface area contributed by atoms with Gasteiger partial charge in [0.2, 0.25) is 11.8 Å². The minimum Gasteiger partial charge on any atom is -0.477 e. The molecule has 2 aromatic rings. The summed E-state index contributed by atoms with van der Waals surface area (Å²) in [5, 5.41) is 0. The van der Waals surface area contributed by atoms with Gasteiger partial charge in [0.15, 0.2) is 0 Å². The van der Waals surface area contributed by atoms with Crippen LogP contribution in [0.4, 0.5) is 13.2 Å². The molecule has 1 atom stereocenters. The number of nitrogens with two attached hydrogens (primary N) is 1. The van der Waals surface area contributed by atoms with Crippen LogP contribution in [-0.2, 0) is 4.79 Å². The van der Waals surface area contributed by atoms with Crippen LogP contribution >= 0.6 is 0 Å². The highest BCUT2D eigenvalue weighted by Crippen LogP contribution is 2.53. The molecule has 1 aliphatic carbocycles. The van der Waals surface area contributed by atoms with E-state index in [9.17, 15) is 22.8 Å². The minimum absolute atomic E-state index is 0.118. The first kappa shape index (κ1) is 28.4. The van der Waals surface area contributed by atoms with E-state index >= 15 is 0 Å². The van der Waals surface area contributed by atoms with Crippen LogP contribution in [-0.4, -0.2) is 71.1 Å². The largest absolute Gasteiger partial charge is 0.477 e. The number of hydrogen-bond donors (Lipinski definition) is 1. The van der Waals surface area contributed by atoms with Crippen LogP contribution in [0.5, 0.6) is 5.88 Å². The molecule has 2 aliphatic heterocycles. The Kier molecular flexibility index (Phi) is 7.83. The van der Waals surface area contributed by atoms with Crippen molar-refractivity contribution in [1.29, 1.82) is 0 Å². The number of rotatable bonds is 8. The van der Waals surface area contributed by atoms with E-state index in [1.165, 1.54) is 0 Å². The average molecular weight is 559 g/mol. The zero-order chi connectivity index (χ0) is 28.5. The Morgan fingerprint density at radius 3 is 2.23 bits per heavy atom. The second-order valence-corrected chi connectivity index (χ2v) is 11.8. The topological polar surface area (TPSA) is 88.8 Å². The van der Waals surface area contributed by atoms with Gasteiger partial charge >= 0.3 is 6.18 Å². The summed E-state index contributed by atoms with van der Waals surface area (Å²) in [7, 11) is 0. The van der Waals surface area contributed by atoms with Crippen LogP contribution in [0.25, 0.3) is 11.1 Å². The zero-order valence-corrected chi connectivity index (χ0v) is 22.9. The Morgan fingerprint density at radius 2 is 1.68 bits per heavy atom. The Bertz CT molecular complexity index is 1210. The third-order valence-electron chi connectivity index (χ3n) is 9.23. The molecule has 2 saturated heterocycles. The number of halogens is 3. The maximum Gasteiger partial charge on any atom is 0.395 e. The van der Waals surface area contributed by atoms with Crippen molar-refractivity contribution in [1.82, 2.24) is 14.8 Å². The highest BCUT2D eigenvalue weighted by atomic mass is 19.4. The van der Waals surface area contributed by atoms with Crippen molar-refractivity contribution in [2.75, 3.05) is 32.8 Å². The van der Waals surface area contributed by atoms with Crippen molar-refractivity contribution in [2.45, 2.75) is 63.6 Å². The number of hydrogen-bond acceptors (Lipinski definition) is 5. The fourth-order valence-electron chi connectivity index (χ4n) is 6.22. The number of primary amides is 1. The lowest BCUT2D eigenvalue weighted by molar-refractivity contribution is -0.256. The van der Waals surface area contributed by atoms with Crippen LogP contribution in [0.3, 0.4) is 0 Å². The molecular formula is C30H37F3N4O3. The first-order chi connectivity index (χ1) is 19.0. The molecule has 0 radical (unpaired) electrons. The summed E-state index contributed by atoms with van der Waals surface area (Å²) < 4.78 is 46.4. The molecule has 0 bridgehead atoms. The quantitative estimate of drug-likeness (QED) is 0.490. The molecule has 1 aromatic heterocycles. The molecule has 2 amide bonds. The molecule has 7 nitrogen and oxygen atoms in total. The molecule has 1 aromatic carbocycles. The van der Waals surface area contributed by atoms with Crippen LogP contribution in [0, 0.1) is 11.3 Å². The van der Waals surface area contributed by atoms with Crippen molar-refractivity contribution in [3.8, 4) is 17.0 Å². The summed E-state index contributed by atoms with van der Waals surface area (Å²) in [5.41, 5.74) is 5.38. The molecule has 3 heterocycles. The number of nitrogens with zero attached hydrogens (tertiary/aromatic N) is 3. The number of likely N-dealkylation sites (tertiary alicyclic amines) is 2. The predicted octanol–water partition coefficient (Wildman–Crippen LogP) is 5.05. The van der Waals surface area contributed by atoms with Crippen molar-refractivity contribution in [3.05, 3.63) is 48.2 Å².